The van der Waals surface area contributed by atoms with Gasteiger partial charge >= 0.3 is 7.12 Å². The van der Waals surface area contributed by atoms with Gasteiger partial charge in [0.2, 0.25) is 0 Å². The van der Waals surface area contributed by atoms with Crippen LogP contribution in [-0.2, 0) is 7.05 Å². The topological polar surface area (TPSA) is 58.3 Å². The van der Waals surface area contributed by atoms with Crippen LogP contribution in [0.5, 0.6) is 0 Å². The van der Waals surface area contributed by atoms with Crippen LogP contribution in [-0.4, -0.2) is 26.9 Å². The van der Waals surface area contributed by atoms with Crippen molar-refractivity contribution in [1.82, 2.24) is 9.78 Å². The summed E-state index contributed by atoms with van der Waals surface area (Å²) in [6.07, 6.45) is 0. The molecule has 0 fully saturated rings. The molecule has 72 valence electrons. The van der Waals surface area contributed by atoms with Gasteiger partial charge in [-0.15, -0.1) is 0 Å². The standard InChI is InChI=1S/C8H8BClN2O2/c1-12-8(10)6-4-5(9(13)14)2-3-7(6)11-12/h2-4,13-14H,1H3. The molecule has 0 aliphatic heterocycles. The first-order valence-electron chi connectivity index (χ1n) is 4.08. The Morgan fingerprint density at radius 1 is 1.43 bits per heavy atom. The Morgan fingerprint density at radius 2 is 2.14 bits per heavy atom. The molecule has 0 aliphatic rings. The van der Waals surface area contributed by atoms with Crippen molar-refractivity contribution in [1.29, 1.82) is 0 Å². The van der Waals surface area contributed by atoms with Gasteiger partial charge in [-0.05, 0) is 17.6 Å². The van der Waals surface area contributed by atoms with E-state index in [1.165, 1.54) is 0 Å². The SMILES string of the molecule is Cn1nc2ccc(B(O)O)cc2c1Cl. The Labute approximate surface area is 85.9 Å². The van der Waals surface area contributed by atoms with E-state index in [4.69, 9.17) is 21.6 Å². The van der Waals surface area contributed by atoms with Crippen LogP contribution in [0.3, 0.4) is 0 Å². The molecule has 0 spiro atoms. The normalized spacial score (nSPS) is 10.9. The molecule has 2 rings (SSSR count). The molecule has 1 aromatic heterocycles. The van der Waals surface area contributed by atoms with E-state index in [1.54, 1.807) is 29.9 Å². The third kappa shape index (κ3) is 1.39. The molecule has 0 amide bonds. The Kier molecular flexibility index (Phi) is 2.22. The number of rotatable bonds is 1. The van der Waals surface area contributed by atoms with Crippen LogP contribution in [0, 0.1) is 0 Å². The van der Waals surface area contributed by atoms with E-state index in [1.807, 2.05) is 0 Å². The predicted molar refractivity (Wildman–Crippen MR) is 55.5 cm³/mol. The molecular weight excluding hydrogens is 202 g/mol. The van der Waals surface area contributed by atoms with Gasteiger partial charge in [0.1, 0.15) is 5.15 Å². The van der Waals surface area contributed by atoms with E-state index in [0.29, 0.717) is 10.6 Å². The van der Waals surface area contributed by atoms with Gasteiger partial charge in [0.05, 0.1) is 5.52 Å². The summed E-state index contributed by atoms with van der Waals surface area (Å²) in [7, 11) is 0.257. The number of aryl methyl sites for hydroxylation is 1. The summed E-state index contributed by atoms with van der Waals surface area (Å²) in [5.41, 5.74) is 1.15. The largest absolute Gasteiger partial charge is 0.488 e. The van der Waals surface area contributed by atoms with Crippen LogP contribution in [0.2, 0.25) is 5.15 Å². The number of fused-ring (bicyclic) bond motifs is 1. The molecular formula is C8H8BClN2O2. The van der Waals surface area contributed by atoms with Crippen molar-refractivity contribution in [2.45, 2.75) is 0 Å². The number of hydrogen-bond acceptors (Lipinski definition) is 3. The minimum absolute atomic E-state index is 0.410. The van der Waals surface area contributed by atoms with Gasteiger partial charge in [-0.25, -0.2) is 0 Å². The average molecular weight is 210 g/mol. The third-order valence-corrected chi connectivity index (χ3v) is 2.53. The minimum Gasteiger partial charge on any atom is -0.423 e. The maximum atomic E-state index is 8.97. The molecule has 2 aromatic rings. The van der Waals surface area contributed by atoms with Crippen molar-refractivity contribution >= 4 is 35.1 Å². The zero-order chi connectivity index (χ0) is 10.3. The van der Waals surface area contributed by atoms with Crippen molar-refractivity contribution in [2.75, 3.05) is 0 Å². The van der Waals surface area contributed by atoms with Gasteiger partial charge in [-0.2, -0.15) is 5.10 Å². The van der Waals surface area contributed by atoms with E-state index in [0.717, 1.165) is 10.9 Å². The third-order valence-electron chi connectivity index (χ3n) is 2.08. The number of halogens is 1. The molecule has 0 aliphatic carbocycles. The van der Waals surface area contributed by atoms with Crippen molar-refractivity contribution in [2.24, 2.45) is 7.05 Å². The Bertz CT molecular complexity index is 483. The van der Waals surface area contributed by atoms with Crippen LogP contribution in [0.4, 0.5) is 0 Å². The fourth-order valence-corrected chi connectivity index (χ4v) is 1.54. The lowest BCUT2D eigenvalue weighted by atomic mass is 9.80. The molecule has 14 heavy (non-hydrogen) atoms. The van der Waals surface area contributed by atoms with E-state index < -0.39 is 7.12 Å². The second kappa shape index (κ2) is 3.27. The minimum atomic E-state index is -1.48. The highest BCUT2D eigenvalue weighted by molar-refractivity contribution is 6.59. The van der Waals surface area contributed by atoms with E-state index in [2.05, 4.69) is 5.10 Å². The Balaban J connectivity index is 2.69. The highest BCUT2D eigenvalue weighted by Crippen LogP contribution is 2.20. The van der Waals surface area contributed by atoms with E-state index in [9.17, 15) is 0 Å². The van der Waals surface area contributed by atoms with Crippen molar-refractivity contribution < 1.29 is 10.0 Å². The van der Waals surface area contributed by atoms with Crippen LogP contribution < -0.4 is 5.46 Å². The van der Waals surface area contributed by atoms with Gasteiger partial charge in [0, 0.05) is 12.4 Å². The highest BCUT2D eigenvalue weighted by atomic mass is 35.5. The molecule has 0 atom stereocenters. The summed E-state index contributed by atoms with van der Waals surface area (Å²) < 4.78 is 1.54. The quantitative estimate of drug-likeness (QED) is 0.647. The van der Waals surface area contributed by atoms with Crippen molar-refractivity contribution in [3.05, 3.63) is 23.4 Å². The van der Waals surface area contributed by atoms with Gasteiger partial charge in [0.15, 0.2) is 0 Å². The summed E-state index contributed by atoms with van der Waals surface area (Å²) in [5, 5.41) is 23.3. The first-order valence-corrected chi connectivity index (χ1v) is 4.45. The predicted octanol–water partition coefficient (Wildman–Crippen LogP) is -0.0935. The summed E-state index contributed by atoms with van der Waals surface area (Å²) in [6, 6.07) is 4.93. The van der Waals surface area contributed by atoms with Gasteiger partial charge in [-0.1, -0.05) is 17.7 Å². The second-order valence-electron chi connectivity index (χ2n) is 3.06. The van der Waals surface area contributed by atoms with E-state index in [-0.39, 0.29) is 0 Å². The lowest BCUT2D eigenvalue weighted by molar-refractivity contribution is 0.426. The summed E-state index contributed by atoms with van der Waals surface area (Å²) in [5.74, 6) is 0. The average Bonchev–Trinajstić information content (AvgIpc) is 2.43. The zero-order valence-corrected chi connectivity index (χ0v) is 8.23. The molecule has 4 nitrogen and oxygen atoms in total. The fourth-order valence-electron chi connectivity index (χ4n) is 1.35. The van der Waals surface area contributed by atoms with Crippen LogP contribution in [0.25, 0.3) is 10.9 Å². The van der Waals surface area contributed by atoms with Crippen LogP contribution in [0.1, 0.15) is 0 Å². The lowest BCUT2D eigenvalue weighted by Gasteiger charge is -1.97. The van der Waals surface area contributed by atoms with E-state index >= 15 is 0 Å². The monoisotopic (exact) mass is 210 g/mol. The molecule has 1 heterocycles. The zero-order valence-electron chi connectivity index (χ0n) is 7.48. The Hall–Kier alpha value is -1.04. The number of nitrogens with zero attached hydrogens (tertiary/aromatic N) is 2. The van der Waals surface area contributed by atoms with Gasteiger partial charge in [-0.3, -0.25) is 4.68 Å². The molecule has 0 unspecified atom stereocenters. The van der Waals surface area contributed by atoms with Crippen LogP contribution >= 0.6 is 11.6 Å². The summed E-state index contributed by atoms with van der Waals surface area (Å²) in [4.78, 5) is 0. The molecule has 1 aromatic carbocycles. The van der Waals surface area contributed by atoms with Gasteiger partial charge < -0.3 is 10.0 Å². The number of hydrogen-bond donors (Lipinski definition) is 2. The Morgan fingerprint density at radius 3 is 2.79 bits per heavy atom. The van der Waals surface area contributed by atoms with Crippen LogP contribution in [0.15, 0.2) is 18.2 Å². The number of aromatic nitrogens is 2. The van der Waals surface area contributed by atoms with Gasteiger partial charge in [0.25, 0.3) is 0 Å². The van der Waals surface area contributed by atoms with Crippen molar-refractivity contribution in [3.8, 4) is 0 Å². The van der Waals surface area contributed by atoms with Crippen molar-refractivity contribution in [3.63, 3.8) is 0 Å². The fraction of sp³-hybridized carbons (Fsp3) is 0.125. The molecule has 0 saturated heterocycles. The maximum Gasteiger partial charge on any atom is 0.488 e. The second-order valence-corrected chi connectivity index (χ2v) is 3.42. The first-order chi connectivity index (χ1) is 6.59. The summed E-state index contributed by atoms with van der Waals surface area (Å²) in [6.45, 7) is 0. The molecule has 0 bridgehead atoms. The maximum absolute atomic E-state index is 8.97. The molecule has 0 saturated carbocycles. The smallest absolute Gasteiger partial charge is 0.423 e. The molecule has 2 N–H and O–H groups in total. The molecule has 6 heteroatoms. The lowest BCUT2D eigenvalue weighted by Crippen LogP contribution is -2.29. The summed E-state index contributed by atoms with van der Waals surface area (Å²) >= 11 is 5.96. The molecule has 0 radical (unpaired) electrons. The number of benzene rings is 1. The highest BCUT2D eigenvalue weighted by Gasteiger charge is 2.14. The first kappa shape index (κ1) is 9.52.